The lowest BCUT2D eigenvalue weighted by atomic mass is 10.1. The molecule has 0 aliphatic carbocycles. The van der Waals surface area contributed by atoms with E-state index in [1.165, 1.54) is 0 Å². The van der Waals surface area contributed by atoms with Gasteiger partial charge in [0.1, 0.15) is 0 Å². The minimum atomic E-state index is -0.0978. The number of amides is 1. The number of rotatable bonds is 4. The highest BCUT2D eigenvalue weighted by atomic mass is 16.1. The van der Waals surface area contributed by atoms with E-state index in [9.17, 15) is 4.79 Å². The molecule has 1 aromatic heterocycles. The Hall–Kier alpha value is -2.36. The molecule has 0 aliphatic rings. The van der Waals surface area contributed by atoms with Crippen molar-refractivity contribution in [3.8, 4) is 0 Å². The summed E-state index contributed by atoms with van der Waals surface area (Å²) >= 11 is 0. The lowest BCUT2D eigenvalue weighted by molar-refractivity contribution is 0.0951. The first-order valence-corrected chi connectivity index (χ1v) is 6.59. The second-order valence-electron chi connectivity index (χ2n) is 4.75. The zero-order valence-electron chi connectivity index (χ0n) is 12.0. The van der Waals surface area contributed by atoms with Crippen LogP contribution in [0.2, 0.25) is 0 Å². The van der Waals surface area contributed by atoms with Crippen LogP contribution in [-0.4, -0.2) is 17.9 Å². The van der Waals surface area contributed by atoms with Gasteiger partial charge in [0.25, 0.3) is 5.91 Å². The number of aryl methyl sites for hydroxylation is 2. The van der Waals surface area contributed by atoms with Crippen LogP contribution in [0.1, 0.15) is 27.2 Å². The number of benzene rings is 1. The largest absolute Gasteiger partial charge is 0.387 e. The van der Waals surface area contributed by atoms with Gasteiger partial charge in [-0.3, -0.25) is 9.78 Å². The van der Waals surface area contributed by atoms with Crippen LogP contribution in [0.25, 0.3) is 0 Å². The van der Waals surface area contributed by atoms with Gasteiger partial charge in [0.05, 0.1) is 17.8 Å². The van der Waals surface area contributed by atoms with E-state index in [1.807, 2.05) is 51.2 Å². The minimum Gasteiger partial charge on any atom is -0.387 e. The Labute approximate surface area is 119 Å². The summed E-state index contributed by atoms with van der Waals surface area (Å²) in [5.41, 5.74) is 4.56. The van der Waals surface area contributed by atoms with E-state index in [0.29, 0.717) is 12.1 Å². The molecule has 0 spiro atoms. The van der Waals surface area contributed by atoms with Gasteiger partial charge in [0.15, 0.2) is 0 Å². The SMILES string of the molecule is CNc1cc(C)ccc1C(=O)NCc1ncccc1C. The maximum absolute atomic E-state index is 12.2. The number of carbonyl (C=O) groups is 1. The Bertz CT molecular complexity index is 623. The number of anilines is 1. The Balaban J connectivity index is 2.11. The highest BCUT2D eigenvalue weighted by Gasteiger charge is 2.11. The topological polar surface area (TPSA) is 54.0 Å². The van der Waals surface area contributed by atoms with E-state index in [1.54, 1.807) is 6.20 Å². The summed E-state index contributed by atoms with van der Waals surface area (Å²) in [5.74, 6) is -0.0978. The van der Waals surface area contributed by atoms with Crippen LogP contribution in [0.15, 0.2) is 36.5 Å². The zero-order chi connectivity index (χ0) is 14.5. The molecule has 0 bridgehead atoms. The molecule has 1 amide bonds. The smallest absolute Gasteiger partial charge is 0.253 e. The van der Waals surface area contributed by atoms with Gasteiger partial charge in [-0.1, -0.05) is 12.1 Å². The number of nitrogens with zero attached hydrogens (tertiary/aromatic N) is 1. The number of carbonyl (C=O) groups excluding carboxylic acids is 1. The van der Waals surface area contributed by atoms with Gasteiger partial charge in [-0.05, 0) is 43.2 Å². The fourth-order valence-corrected chi connectivity index (χ4v) is 2.03. The molecule has 4 heteroatoms. The maximum atomic E-state index is 12.2. The summed E-state index contributed by atoms with van der Waals surface area (Å²) in [6.45, 7) is 4.42. The van der Waals surface area contributed by atoms with Crippen molar-refractivity contribution in [3.63, 3.8) is 0 Å². The Morgan fingerprint density at radius 2 is 2.05 bits per heavy atom. The van der Waals surface area contributed by atoms with E-state index < -0.39 is 0 Å². The minimum absolute atomic E-state index is 0.0978. The fraction of sp³-hybridized carbons (Fsp3) is 0.250. The van der Waals surface area contributed by atoms with Gasteiger partial charge in [-0.25, -0.2) is 0 Å². The second-order valence-corrected chi connectivity index (χ2v) is 4.75. The lowest BCUT2D eigenvalue weighted by Gasteiger charge is -2.11. The third-order valence-electron chi connectivity index (χ3n) is 3.22. The Morgan fingerprint density at radius 3 is 2.75 bits per heavy atom. The van der Waals surface area contributed by atoms with Gasteiger partial charge in [-0.15, -0.1) is 0 Å². The van der Waals surface area contributed by atoms with Gasteiger partial charge in [-0.2, -0.15) is 0 Å². The highest BCUT2D eigenvalue weighted by Crippen LogP contribution is 2.17. The summed E-state index contributed by atoms with van der Waals surface area (Å²) < 4.78 is 0. The van der Waals surface area contributed by atoms with Crippen LogP contribution >= 0.6 is 0 Å². The van der Waals surface area contributed by atoms with Gasteiger partial charge in [0.2, 0.25) is 0 Å². The molecule has 20 heavy (non-hydrogen) atoms. The average Bonchev–Trinajstić information content (AvgIpc) is 2.46. The van der Waals surface area contributed by atoms with Crippen molar-refractivity contribution in [2.24, 2.45) is 0 Å². The van der Waals surface area contributed by atoms with E-state index in [4.69, 9.17) is 0 Å². The van der Waals surface area contributed by atoms with Gasteiger partial charge in [0, 0.05) is 18.9 Å². The van der Waals surface area contributed by atoms with Crippen LogP contribution in [0.5, 0.6) is 0 Å². The van der Waals surface area contributed by atoms with Crippen molar-refractivity contribution in [2.75, 3.05) is 12.4 Å². The molecule has 0 unspecified atom stereocenters. The van der Waals surface area contributed by atoms with E-state index >= 15 is 0 Å². The van der Waals surface area contributed by atoms with Crippen molar-refractivity contribution < 1.29 is 4.79 Å². The fourth-order valence-electron chi connectivity index (χ4n) is 2.03. The second kappa shape index (κ2) is 6.19. The monoisotopic (exact) mass is 269 g/mol. The summed E-state index contributed by atoms with van der Waals surface area (Å²) in [6.07, 6.45) is 1.74. The first kappa shape index (κ1) is 14.1. The van der Waals surface area contributed by atoms with Gasteiger partial charge >= 0.3 is 0 Å². The average molecular weight is 269 g/mol. The quantitative estimate of drug-likeness (QED) is 0.897. The van der Waals surface area contributed by atoms with Crippen LogP contribution < -0.4 is 10.6 Å². The standard InChI is InChI=1S/C16H19N3O/c1-11-6-7-13(14(9-11)17-3)16(20)19-10-15-12(2)5-4-8-18-15/h4-9,17H,10H2,1-3H3,(H,19,20). The molecule has 2 rings (SSSR count). The molecule has 0 saturated carbocycles. The van der Waals surface area contributed by atoms with Crippen LogP contribution in [-0.2, 0) is 6.54 Å². The zero-order valence-corrected chi connectivity index (χ0v) is 12.0. The molecule has 0 radical (unpaired) electrons. The first-order valence-electron chi connectivity index (χ1n) is 6.59. The first-order chi connectivity index (χ1) is 9.61. The number of nitrogens with one attached hydrogen (secondary N) is 2. The summed E-state index contributed by atoms with van der Waals surface area (Å²) in [6, 6.07) is 9.60. The summed E-state index contributed by atoms with van der Waals surface area (Å²) in [7, 11) is 1.81. The maximum Gasteiger partial charge on any atom is 0.253 e. The Kier molecular flexibility index (Phi) is 4.35. The molecule has 1 heterocycles. The Morgan fingerprint density at radius 1 is 1.25 bits per heavy atom. The molecule has 0 saturated heterocycles. The van der Waals surface area contributed by atoms with Gasteiger partial charge < -0.3 is 10.6 Å². The molecule has 104 valence electrons. The summed E-state index contributed by atoms with van der Waals surface area (Å²) in [4.78, 5) is 16.5. The van der Waals surface area contributed by atoms with Crippen molar-refractivity contribution in [1.29, 1.82) is 0 Å². The molecular weight excluding hydrogens is 250 g/mol. The lowest BCUT2D eigenvalue weighted by Crippen LogP contribution is -2.24. The third kappa shape index (κ3) is 3.15. The molecule has 0 fully saturated rings. The number of hydrogen-bond donors (Lipinski definition) is 2. The van der Waals surface area contributed by atoms with Crippen molar-refractivity contribution in [2.45, 2.75) is 20.4 Å². The van der Waals surface area contributed by atoms with E-state index in [2.05, 4.69) is 15.6 Å². The van der Waals surface area contributed by atoms with E-state index in [-0.39, 0.29) is 5.91 Å². The highest BCUT2D eigenvalue weighted by molar-refractivity contribution is 5.99. The predicted octanol–water partition coefficient (Wildman–Crippen LogP) is 2.67. The molecular formula is C16H19N3O. The number of pyridine rings is 1. The van der Waals surface area contributed by atoms with Crippen LogP contribution in [0.4, 0.5) is 5.69 Å². The molecule has 0 atom stereocenters. The summed E-state index contributed by atoms with van der Waals surface area (Å²) in [5, 5.41) is 5.96. The van der Waals surface area contributed by atoms with Crippen LogP contribution in [0, 0.1) is 13.8 Å². The molecule has 1 aromatic carbocycles. The number of hydrogen-bond acceptors (Lipinski definition) is 3. The third-order valence-corrected chi connectivity index (χ3v) is 3.22. The van der Waals surface area contributed by atoms with Crippen LogP contribution in [0.3, 0.4) is 0 Å². The number of aromatic nitrogens is 1. The van der Waals surface area contributed by atoms with Crippen molar-refractivity contribution >= 4 is 11.6 Å². The molecule has 2 N–H and O–H groups in total. The molecule has 4 nitrogen and oxygen atoms in total. The predicted molar refractivity (Wildman–Crippen MR) is 80.9 cm³/mol. The normalized spacial score (nSPS) is 10.2. The van der Waals surface area contributed by atoms with Crippen molar-refractivity contribution in [1.82, 2.24) is 10.3 Å². The van der Waals surface area contributed by atoms with E-state index in [0.717, 1.165) is 22.5 Å². The molecule has 2 aromatic rings. The molecule has 0 aliphatic heterocycles. The van der Waals surface area contributed by atoms with Crippen molar-refractivity contribution in [3.05, 3.63) is 58.9 Å².